The first-order valence-corrected chi connectivity index (χ1v) is 7.89. The molecule has 2 heteroatoms. The molecule has 2 fully saturated rings. The number of benzene rings is 1. The Kier molecular flexibility index (Phi) is 4.19. The van der Waals surface area contributed by atoms with Crippen molar-refractivity contribution in [1.29, 1.82) is 0 Å². The lowest BCUT2D eigenvalue weighted by Crippen LogP contribution is -2.38. The molecular formula is C17H26N2. The van der Waals surface area contributed by atoms with Crippen LogP contribution in [0.3, 0.4) is 0 Å². The molecule has 0 spiro atoms. The van der Waals surface area contributed by atoms with Gasteiger partial charge >= 0.3 is 0 Å². The number of rotatable bonds is 3. The smallest absolute Gasteiger partial charge is 0.0488 e. The van der Waals surface area contributed by atoms with E-state index in [1.165, 1.54) is 50.5 Å². The van der Waals surface area contributed by atoms with Gasteiger partial charge in [0.15, 0.2) is 0 Å². The first-order valence-electron chi connectivity index (χ1n) is 7.89. The maximum Gasteiger partial charge on any atom is 0.0488 e. The molecule has 3 N–H and O–H groups in total. The third kappa shape index (κ3) is 2.85. The molecule has 2 saturated carbocycles. The van der Waals surface area contributed by atoms with E-state index < -0.39 is 0 Å². The van der Waals surface area contributed by atoms with E-state index >= 15 is 0 Å². The van der Waals surface area contributed by atoms with Crippen molar-refractivity contribution < 1.29 is 0 Å². The van der Waals surface area contributed by atoms with Crippen LogP contribution in [-0.2, 0) is 0 Å². The van der Waals surface area contributed by atoms with Gasteiger partial charge in [-0.25, -0.2) is 0 Å². The number of nitrogens with one attached hydrogen (secondary N) is 1. The van der Waals surface area contributed by atoms with E-state index in [1.54, 1.807) is 0 Å². The van der Waals surface area contributed by atoms with Gasteiger partial charge in [-0.3, -0.25) is 11.3 Å². The van der Waals surface area contributed by atoms with Crippen LogP contribution in [0.15, 0.2) is 30.3 Å². The molecule has 0 bridgehead atoms. The Bertz CT molecular complexity index is 390. The fraction of sp³-hybridized carbons (Fsp3) is 0.647. The summed E-state index contributed by atoms with van der Waals surface area (Å²) in [6, 6.07) is 11.1. The molecule has 19 heavy (non-hydrogen) atoms. The van der Waals surface area contributed by atoms with Gasteiger partial charge in [0.1, 0.15) is 0 Å². The van der Waals surface area contributed by atoms with Gasteiger partial charge in [0.25, 0.3) is 0 Å². The largest absolute Gasteiger partial charge is 0.271 e. The zero-order chi connectivity index (χ0) is 13.1. The lowest BCUT2D eigenvalue weighted by atomic mass is 9.65. The van der Waals surface area contributed by atoms with Crippen LogP contribution in [0.5, 0.6) is 0 Å². The third-order valence-corrected chi connectivity index (χ3v) is 5.39. The minimum atomic E-state index is 0.337. The predicted molar refractivity (Wildman–Crippen MR) is 79.3 cm³/mol. The van der Waals surface area contributed by atoms with Crippen LogP contribution in [0.2, 0.25) is 0 Å². The van der Waals surface area contributed by atoms with Crippen LogP contribution in [0, 0.1) is 17.8 Å². The van der Waals surface area contributed by atoms with Gasteiger partial charge in [-0.1, -0.05) is 56.0 Å². The predicted octanol–water partition coefficient (Wildman–Crippen LogP) is 3.80. The summed E-state index contributed by atoms with van der Waals surface area (Å²) in [7, 11) is 0. The van der Waals surface area contributed by atoms with Crippen molar-refractivity contribution in [3.63, 3.8) is 0 Å². The van der Waals surface area contributed by atoms with Crippen molar-refractivity contribution >= 4 is 0 Å². The summed E-state index contributed by atoms with van der Waals surface area (Å²) < 4.78 is 0. The summed E-state index contributed by atoms with van der Waals surface area (Å²) in [5.74, 6) is 8.55. The fourth-order valence-electron chi connectivity index (χ4n) is 4.38. The maximum atomic E-state index is 5.85. The molecule has 104 valence electrons. The maximum absolute atomic E-state index is 5.85. The van der Waals surface area contributed by atoms with E-state index in [4.69, 9.17) is 5.84 Å². The first kappa shape index (κ1) is 13.1. The van der Waals surface area contributed by atoms with Crippen molar-refractivity contribution in [3.05, 3.63) is 35.9 Å². The summed E-state index contributed by atoms with van der Waals surface area (Å²) in [4.78, 5) is 0. The lowest BCUT2D eigenvalue weighted by Gasteiger charge is -2.42. The monoisotopic (exact) mass is 258 g/mol. The summed E-state index contributed by atoms with van der Waals surface area (Å²) >= 11 is 0. The summed E-state index contributed by atoms with van der Waals surface area (Å²) in [5.41, 5.74) is 4.43. The van der Waals surface area contributed by atoms with E-state index in [0.29, 0.717) is 12.0 Å². The average molecular weight is 258 g/mol. The Labute approximate surface area is 116 Å². The highest BCUT2D eigenvalue weighted by atomic mass is 15.2. The Morgan fingerprint density at radius 2 is 1.68 bits per heavy atom. The number of hydrogen-bond acceptors (Lipinski definition) is 2. The van der Waals surface area contributed by atoms with Crippen LogP contribution in [0.1, 0.15) is 56.6 Å². The Balaban J connectivity index is 1.70. The summed E-state index contributed by atoms with van der Waals surface area (Å²) in [5, 5.41) is 0. The van der Waals surface area contributed by atoms with Gasteiger partial charge in [0.05, 0.1) is 0 Å². The zero-order valence-corrected chi connectivity index (χ0v) is 11.7. The fourth-order valence-corrected chi connectivity index (χ4v) is 4.38. The topological polar surface area (TPSA) is 38.0 Å². The molecule has 3 rings (SSSR count). The van der Waals surface area contributed by atoms with Crippen LogP contribution in [0.4, 0.5) is 0 Å². The molecule has 4 unspecified atom stereocenters. The van der Waals surface area contributed by atoms with Gasteiger partial charge in [-0.05, 0) is 42.6 Å². The molecular weight excluding hydrogens is 232 g/mol. The molecule has 0 radical (unpaired) electrons. The molecule has 2 aliphatic carbocycles. The number of hydrazine groups is 1. The van der Waals surface area contributed by atoms with E-state index in [9.17, 15) is 0 Å². The van der Waals surface area contributed by atoms with Crippen molar-refractivity contribution in [2.24, 2.45) is 23.6 Å². The Hall–Kier alpha value is -0.860. The lowest BCUT2D eigenvalue weighted by molar-refractivity contribution is 0.109. The van der Waals surface area contributed by atoms with E-state index in [-0.39, 0.29) is 0 Å². The SMILES string of the molecule is NNC(c1ccccc1)C1CCC2CCCCC2C1. The van der Waals surface area contributed by atoms with Gasteiger partial charge in [0, 0.05) is 6.04 Å². The normalized spacial score (nSPS) is 32.6. The third-order valence-electron chi connectivity index (χ3n) is 5.39. The Morgan fingerprint density at radius 1 is 0.947 bits per heavy atom. The average Bonchev–Trinajstić information content (AvgIpc) is 2.49. The highest BCUT2D eigenvalue weighted by Gasteiger charge is 2.35. The van der Waals surface area contributed by atoms with Crippen LogP contribution in [0.25, 0.3) is 0 Å². The second kappa shape index (κ2) is 6.06. The molecule has 0 heterocycles. The number of nitrogens with two attached hydrogens (primary N) is 1. The van der Waals surface area contributed by atoms with Gasteiger partial charge < -0.3 is 0 Å². The van der Waals surface area contributed by atoms with Gasteiger partial charge in [0.2, 0.25) is 0 Å². The van der Waals surface area contributed by atoms with Crippen LogP contribution in [-0.4, -0.2) is 0 Å². The molecule has 0 saturated heterocycles. The van der Waals surface area contributed by atoms with Crippen molar-refractivity contribution in [2.75, 3.05) is 0 Å². The summed E-state index contributed by atoms with van der Waals surface area (Å²) in [6.07, 6.45) is 9.96. The standard InChI is InChI=1S/C17H26N2/c18-19-17(14-7-2-1-3-8-14)16-11-10-13-6-4-5-9-15(13)12-16/h1-3,7-8,13,15-17,19H,4-6,9-12,18H2. The minimum absolute atomic E-state index is 0.337. The molecule has 2 aliphatic rings. The molecule has 2 nitrogen and oxygen atoms in total. The van der Waals surface area contributed by atoms with Gasteiger partial charge in [-0.15, -0.1) is 0 Å². The Morgan fingerprint density at radius 3 is 2.42 bits per heavy atom. The molecule has 1 aromatic carbocycles. The number of hydrogen-bond donors (Lipinski definition) is 2. The van der Waals surface area contributed by atoms with E-state index in [2.05, 4.69) is 35.8 Å². The zero-order valence-electron chi connectivity index (χ0n) is 11.7. The molecule has 0 aromatic heterocycles. The van der Waals surface area contributed by atoms with E-state index in [1.807, 2.05) is 0 Å². The molecule has 0 aliphatic heterocycles. The quantitative estimate of drug-likeness (QED) is 0.639. The second-order valence-electron chi connectivity index (χ2n) is 6.43. The van der Waals surface area contributed by atoms with E-state index in [0.717, 1.165) is 11.8 Å². The molecule has 0 amide bonds. The minimum Gasteiger partial charge on any atom is -0.271 e. The first-order chi connectivity index (χ1) is 9.38. The number of fused-ring (bicyclic) bond motifs is 1. The highest BCUT2D eigenvalue weighted by Crippen LogP contribution is 2.45. The van der Waals surface area contributed by atoms with Crippen molar-refractivity contribution in [3.8, 4) is 0 Å². The second-order valence-corrected chi connectivity index (χ2v) is 6.43. The highest BCUT2D eigenvalue weighted by molar-refractivity contribution is 5.19. The van der Waals surface area contributed by atoms with Crippen molar-refractivity contribution in [1.82, 2.24) is 5.43 Å². The molecule has 4 atom stereocenters. The summed E-state index contributed by atoms with van der Waals surface area (Å²) in [6.45, 7) is 0. The van der Waals surface area contributed by atoms with Crippen LogP contribution >= 0.6 is 0 Å². The van der Waals surface area contributed by atoms with Crippen LogP contribution < -0.4 is 11.3 Å². The molecule has 1 aromatic rings. The van der Waals surface area contributed by atoms with Crippen molar-refractivity contribution in [2.45, 2.75) is 51.0 Å². The van der Waals surface area contributed by atoms with Gasteiger partial charge in [-0.2, -0.15) is 0 Å².